The number of hydrogen-bond acceptors (Lipinski definition) is 3. The van der Waals surface area contributed by atoms with E-state index in [1.165, 1.54) is 12.1 Å². The second-order valence-corrected chi connectivity index (χ2v) is 4.34. The quantitative estimate of drug-likeness (QED) is 0.906. The number of piperidine rings is 1. The average Bonchev–Trinajstić information content (AvgIpc) is 2.31. The van der Waals surface area contributed by atoms with Gasteiger partial charge in [-0.15, -0.1) is 0 Å². The molecule has 1 aromatic carbocycles. The molecule has 0 aliphatic carbocycles. The third-order valence-electron chi connectivity index (χ3n) is 2.94. The van der Waals surface area contributed by atoms with E-state index in [0.29, 0.717) is 18.8 Å². The Kier molecular flexibility index (Phi) is 3.96. The van der Waals surface area contributed by atoms with E-state index in [9.17, 15) is 13.2 Å². The highest BCUT2D eigenvalue weighted by Gasteiger charge is 2.21. The zero-order valence-electron chi connectivity index (χ0n) is 9.78. The molecule has 1 heterocycles. The van der Waals surface area contributed by atoms with Gasteiger partial charge in [0.1, 0.15) is 11.6 Å². The van der Waals surface area contributed by atoms with Crippen LogP contribution in [0.25, 0.3) is 0 Å². The molecule has 6 heteroatoms. The third-order valence-corrected chi connectivity index (χ3v) is 2.94. The van der Waals surface area contributed by atoms with E-state index in [2.05, 4.69) is 4.74 Å². The normalized spacial score (nSPS) is 20.3. The summed E-state index contributed by atoms with van der Waals surface area (Å²) in [5.41, 5.74) is 6.17. The number of benzene rings is 1. The van der Waals surface area contributed by atoms with Crippen LogP contribution < -0.4 is 15.4 Å². The lowest BCUT2D eigenvalue weighted by Crippen LogP contribution is -2.43. The molecule has 0 spiro atoms. The minimum Gasteiger partial charge on any atom is -0.433 e. The van der Waals surface area contributed by atoms with Gasteiger partial charge in [0.25, 0.3) is 0 Å². The van der Waals surface area contributed by atoms with Crippen LogP contribution in [0.5, 0.6) is 5.75 Å². The molecule has 2 N–H and O–H groups in total. The molecule has 1 fully saturated rings. The molecule has 3 nitrogen and oxygen atoms in total. The Morgan fingerprint density at radius 1 is 1.39 bits per heavy atom. The molecule has 0 bridgehead atoms. The summed E-state index contributed by atoms with van der Waals surface area (Å²) in [4.78, 5) is 1.79. The number of nitrogens with zero attached hydrogens (tertiary/aromatic N) is 1. The van der Waals surface area contributed by atoms with Gasteiger partial charge in [0.15, 0.2) is 0 Å². The van der Waals surface area contributed by atoms with E-state index in [0.717, 1.165) is 18.9 Å². The molecule has 0 radical (unpaired) electrons. The summed E-state index contributed by atoms with van der Waals surface area (Å²) in [6, 6.07) is 3.50. The van der Waals surface area contributed by atoms with Crippen molar-refractivity contribution in [3.8, 4) is 5.75 Å². The summed E-state index contributed by atoms with van der Waals surface area (Å²) in [5.74, 6) is -0.494. The van der Waals surface area contributed by atoms with Gasteiger partial charge in [-0.05, 0) is 25.0 Å². The second kappa shape index (κ2) is 5.48. The summed E-state index contributed by atoms with van der Waals surface area (Å²) >= 11 is 0. The molecule has 0 amide bonds. The number of nitrogens with two attached hydrogens (primary N) is 1. The Hall–Kier alpha value is -1.43. The number of alkyl halides is 2. The highest BCUT2D eigenvalue weighted by Crippen LogP contribution is 2.32. The number of ether oxygens (including phenoxy) is 1. The summed E-state index contributed by atoms with van der Waals surface area (Å²) in [6.07, 6.45) is 1.74. The van der Waals surface area contributed by atoms with Crippen molar-refractivity contribution >= 4 is 5.69 Å². The van der Waals surface area contributed by atoms with Gasteiger partial charge in [-0.1, -0.05) is 0 Å². The lowest BCUT2D eigenvalue weighted by atomic mass is 10.1. The van der Waals surface area contributed by atoms with E-state index in [1.54, 1.807) is 4.90 Å². The minimum atomic E-state index is -2.92. The predicted octanol–water partition coefficient (Wildman–Crippen LogP) is 2.35. The maximum absolute atomic E-state index is 13.2. The molecule has 1 aromatic rings. The molecule has 1 saturated heterocycles. The van der Waals surface area contributed by atoms with E-state index in [4.69, 9.17) is 5.73 Å². The molecule has 18 heavy (non-hydrogen) atoms. The first-order valence-electron chi connectivity index (χ1n) is 5.81. The fourth-order valence-corrected chi connectivity index (χ4v) is 2.16. The highest BCUT2D eigenvalue weighted by atomic mass is 19.3. The zero-order valence-corrected chi connectivity index (χ0v) is 9.78. The molecule has 0 aromatic heterocycles. The van der Waals surface area contributed by atoms with Gasteiger partial charge in [0.05, 0.1) is 5.69 Å². The van der Waals surface area contributed by atoms with Crippen molar-refractivity contribution in [1.82, 2.24) is 0 Å². The molecule has 100 valence electrons. The first kappa shape index (κ1) is 13.0. The Morgan fingerprint density at radius 2 is 2.17 bits per heavy atom. The van der Waals surface area contributed by atoms with E-state index in [-0.39, 0.29) is 11.8 Å². The molecule has 0 saturated carbocycles. The molecule has 1 aliphatic rings. The van der Waals surface area contributed by atoms with Gasteiger partial charge in [0, 0.05) is 25.2 Å². The Morgan fingerprint density at radius 3 is 2.83 bits per heavy atom. The Bertz CT molecular complexity index is 414. The van der Waals surface area contributed by atoms with Gasteiger partial charge in [-0.3, -0.25) is 0 Å². The monoisotopic (exact) mass is 260 g/mol. The zero-order chi connectivity index (χ0) is 13.1. The maximum Gasteiger partial charge on any atom is 0.387 e. The average molecular weight is 260 g/mol. The Balaban J connectivity index is 2.26. The molecular weight excluding hydrogens is 245 g/mol. The van der Waals surface area contributed by atoms with Crippen molar-refractivity contribution < 1.29 is 17.9 Å². The van der Waals surface area contributed by atoms with Gasteiger partial charge in [0.2, 0.25) is 0 Å². The lowest BCUT2D eigenvalue weighted by Gasteiger charge is -2.33. The fourth-order valence-electron chi connectivity index (χ4n) is 2.16. The van der Waals surface area contributed by atoms with Crippen molar-refractivity contribution in [2.75, 3.05) is 18.0 Å². The molecular formula is C12H15F3N2O. The van der Waals surface area contributed by atoms with Crippen LogP contribution in [0.3, 0.4) is 0 Å². The van der Waals surface area contributed by atoms with Crippen molar-refractivity contribution in [3.63, 3.8) is 0 Å². The van der Waals surface area contributed by atoms with E-state index in [1.807, 2.05) is 0 Å². The maximum atomic E-state index is 13.2. The smallest absolute Gasteiger partial charge is 0.387 e. The van der Waals surface area contributed by atoms with Gasteiger partial charge in [-0.25, -0.2) is 4.39 Å². The molecule has 1 atom stereocenters. The van der Waals surface area contributed by atoms with Crippen LogP contribution in [0.15, 0.2) is 18.2 Å². The molecule has 2 rings (SSSR count). The Labute approximate surface area is 103 Å². The van der Waals surface area contributed by atoms with Crippen molar-refractivity contribution in [1.29, 1.82) is 0 Å². The van der Waals surface area contributed by atoms with Crippen LogP contribution in [0.1, 0.15) is 12.8 Å². The molecule has 1 aliphatic heterocycles. The van der Waals surface area contributed by atoms with E-state index >= 15 is 0 Å². The van der Waals surface area contributed by atoms with Crippen LogP contribution in [0.2, 0.25) is 0 Å². The van der Waals surface area contributed by atoms with Crippen LogP contribution in [-0.2, 0) is 0 Å². The fraction of sp³-hybridized carbons (Fsp3) is 0.500. The van der Waals surface area contributed by atoms with Crippen LogP contribution in [0, 0.1) is 5.82 Å². The first-order chi connectivity index (χ1) is 8.56. The van der Waals surface area contributed by atoms with Gasteiger partial charge >= 0.3 is 6.61 Å². The van der Waals surface area contributed by atoms with Gasteiger partial charge < -0.3 is 15.4 Å². The van der Waals surface area contributed by atoms with Crippen molar-refractivity contribution in [3.05, 3.63) is 24.0 Å². The predicted molar refractivity (Wildman–Crippen MR) is 62.5 cm³/mol. The SMILES string of the molecule is NC1CCCN(c2cc(F)ccc2OC(F)F)C1. The van der Waals surface area contributed by atoms with Crippen molar-refractivity contribution in [2.24, 2.45) is 5.73 Å². The standard InChI is InChI=1S/C12H15F3N2O/c13-8-3-4-11(18-12(14)15)10(6-8)17-5-1-2-9(16)7-17/h3-4,6,9,12H,1-2,5,7,16H2. The minimum absolute atomic E-state index is 0.0134. The number of anilines is 1. The van der Waals surface area contributed by atoms with E-state index < -0.39 is 12.4 Å². The van der Waals surface area contributed by atoms with Crippen molar-refractivity contribution in [2.45, 2.75) is 25.5 Å². The third kappa shape index (κ3) is 3.07. The number of rotatable bonds is 3. The summed E-state index contributed by atoms with van der Waals surface area (Å²) in [6.45, 7) is -1.74. The topological polar surface area (TPSA) is 38.5 Å². The lowest BCUT2D eigenvalue weighted by molar-refractivity contribution is -0.0495. The van der Waals surface area contributed by atoms with Crippen LogP contribution >= 0.6 is 0 Å². The number of halogens is 3. The van der Waals surface area contributed by atoms with Crippen LogP contribution in [-0.4, -0.2) is 25.7 Å². The largest absolute Gasteiger partial charge is 0.433 e. The first-order valence-corrected chi connectivity index (χ1v) is 5.81. The summed E-state index contributed by atoms with van der Waals surface area (Å²) in [7, 11) is 0. The second-order valence-electron chi connectivity index (χ2n) is 4.34. The highest BCUT2D eigenvalue weighted by molar-refractivity contribution is 5.59. The van der Waals surface area contributed by atoms with Crippen LogP contribution in [0.4, 0.5) is 18.9 Å². The summed E-state index contributed by atoms with van der Waals surface area (Å²) in [5, 5.41) is 0. The molecule has 1 unspecified atom stereocenters. The summed E-state index contributed by atoms with van der Waals surface area (Å²) < 4.78 is 42.2. The number of hydrogen-bond donors (Lipinski definition) is 1. The van der Waals surface area contributed by atoms with Gasteiger partial charge in [-0.2, -0.15) is 8.78 Å².